The molecule has 2 bridgehead atoms. The lowest BCUT2D eigenvalue weighted by molar-refractivity contribution is 0.250. The summed E-state index contributed by atoms with van der Waals surface area (Å²) < 4.78 is 2.04. The van der Waals surface area contributed by atoms with E-state index in [2.05, 4.69) is 59.0 Å². The Morgan fingerprint density at radius 1 is 0.812 bits per heavy atom. The van der Waals surface area contributed by atoms with Crippen LogP contribution in [0.15, 0.2) is 54.9 Å². The Morgan fingerprint density at radius 3 is 2.31 bits per heavy atom. The largest absolute Gasteiger partial charge is 0.351 e. The fraction of sp³-hybridized carbons (Fsp3) is 0.346. The molecule has 3 aliphatic heterocycles. The molecule has 0 spiro atoms. The van der Waals surface area contributed by atoms with Crippen LogP contribution in [0.4, 0.5) is 5.82 Å². The zero-order valence-electron chi connectivity index (χ0n) is 18.7. The Labute approximate surface area is 188 Å². The molecule has 6 heterocycles. The minimum atomic E-state index is 0.575. The summed E-state index contributed by atoms with van der Waals surface area (Å²) in [5.74, 6) is 1.05. The van der Waals surface area contributed by atoms with Gasteiger partial charge in [0.25, 0.3) is 0 Å². The standard InChI is InChI=1S/C26H28N6/c1-18-15-19(2)17-21(16-18)25-26(20-5-9-27-10-6-20)32-23(28-25)3-4-24(29-32)31-14-13-30-11-7-22(31)8-12-30/h3-6,9-10,15-17,22H,7-8,11-14H2,1-2H3. The van der Waals surface area contributed by atoms with Crippen molar-refractivity contribution in [2.24, 2.45) is 0 Å². The summed E-state index contributed by atoms with van der Waals surface area (Å²) in [5.41, 5.74) is 7.55. The number of hydrogen-bond donors (Lipinski definition) is 0. The van der Waals surface area contributed by atoms with Crippen LogP contribution in [0.5, 0.6) is 0 Å². The molecular formula is C26H28N6. The zero-order chi connectivity index (χ0) is 21.7. The Bertz CT molecular complexity index is 1250. The highest BCUT2D eigenvalue weighted by molar-refractivity contribution is 5.82. The van der Waals surface area contributed by atoms with Crippen molar-refractivity contribution in [1.82, 2.24) is 24.5 Å². The Morgan fingerprint density at radius 2 is 1.56 bits per heavy atom. The number of pyridine rings is 1. The van der Waals surface area contributed by atoms with Gasteiger partial charge in [-0.2, -0.15) is 0 Å². The summed E-state index contributed by atoms with van der Waals surface area (Å²) >= 11 is 0. The molecule has 0 radical (unpaired) electrons. The van der Waals surface area contributed by atoms with Gasteiger partial charge in [-0.25, -0.2) is 9.50 Å². The van der Waals surface area contributed by atoms with Crippen molar-refractivity contribution >= 4 is 11.5 Å². The van der Waals surface area contributed by atoms with Crippen molar-refractivity contribution in [2.75, 3.05) is 31.1 Å². The molecule has 0 atom stereocenters. The Kier molecular flexibility index (Phi) is 4.68. The average molecular weight is 425 g/mol. The molecule has 0 N–H and O–H groups in total. The maximum absolute atomic E-state index is 5.17. The molecule has 7 rings (SSSR count). The highest BCUT2D eigenvalue weighted by Crippen LogP contribution is 2.34. The molecule has 0 unspecified atom stereocenters. The first-order valence-electron chi connectivity index (χ1n) is 11.5. The Hall–Kier alpha value is -3.25. The van der Waals surface area contributed by atoms with E-state index >= 15 is 0 Å². The monoisotopic (exact) mass is 424 g/mol. The lowest BCUT2D eigenvalue weighted by Gasteiger charge is -2.32. The van der Waals surface area contributed by atoms with Crippen LogP contribution >= 0.6 is 0 Å². The van der Waals surface area contributed by atoms with Gasteiger partial charge >= 0.3 is 0 Å². The molecule has 3 aromatic heterocycles. The fourth-order valence-corrected chi connectivity index (χ4v) is 5.35. The van der Waals surface area contributed by atoms with Crippen LogP contribution < -0.4 is 4.90 Å². The first-order chi connectivity index (χ1) is 15.7. The van der Waals surface area contributed by atoms with Gasteiger partial charge in [0.05, 0.1) is 5.69 Å². The molecular weight excluding hydrogens is 396 g/mol. The maximum Gasteiger partial charge on any atom is 0.155 e. The van der Waals surface area contributed by atoms with Gasteiger partial charge in [0.2, 0.25) is 0 Å². The number of rotatable bonds is 3. The lowest BCUT2D eigenvalue weighted by atomic mass is 10.0. The molecule has 6 nitrogen and oxygen atoms in total. The van der Waals surface area contributed by atoms with Crippen molar-refractivity contribution in [2.45, 2.75) is 32.7 Å². The third-order valence-electron chi connectivity index (χ3n) is 6.86. The molecule has 3 fully saturated rings. The molecule has 3 aliphatic rings. The first kappa shape index (κ1) is 19.4. The van der Waals surface area contributed by atoms with Crippen LogP contribution in [0.25, 0.3) is 28.2 Å². The number of piperidine rings is 1. The topological polar surface area (TPSA) is 49.6 Å². The normalized spacial score (nSPS) is 20.6. The van der Waals surface area contributed by atoms with E-state index in [9.17, 15) is 0 Å². The highest BCUT2D eigenvalue weighted by Gasteiger charge is 2.30. The van der Waals surface area contributed by atoms with E-state index in [1.54, 1.807) is 0 Å². The molecule has 0 aliphatic carbocycles. The van der Waals surface area contributed by atoms with Crippen LogP contribution in [-0.4, -0.2) is 56.7 Å². The van der Waals surface area contributed by atoms with E-state index < -0.39 is 0 Å². The number of aryl methyl sites for hydroxylation is 2. The quantitative estimate of drug-likeness (QED) is 0.489. The minimum absolute atomic E-state index is 0.575. The van der Waals surface area contributed by atoms with Crippen molar-refractivity contribution in [1.29, 1.82) is 0 Å². The molecule has 1 aromatic carbocycles. The smallest absolute Gasteiger partial charge is 0.155 e. The predicted octanol–water partition coefficient (Wildman–Crippen LogP) is 4.36. The second kappa shape index (κ2) is 7.71. The van der Waals surface area contributed by atoms with Gasteiger partial charge < -0.3 is 9.80 Å². The number of imidazole rings is 1. The van der Waals surface area contributed by atoms with Gasteiger partial charge in [-0.15, -0.1) is 5.10 Å². The zero-order valence-corrected chi connectivity index (χ0v) is 18.7. The van der Waals surface area contributed by atoms with Gasteiger partial charge in [0.1, 0.15) is 11.5 Å². The van der Waals surface area contributed by atoms with Gasteiger partial charge in [0.15, 0.2) is 5.65 Å². The van der Waals surface area contributed by atoms with Crippen LogP contribution in [0.2, 0.25) is 0 Å². The summed E-state index contributed by atoms with van der Waals surface area (Å²) in [4.78, 5) is 14.4. The predicted molar refractivity (Wildman–Crippen MR) is 128 cm³/mol. The van der Waals surface area contributed by atoms with Crippen molar-refractivity contribution in [3.05, 3.63) is 66.0 Å². The van der Waals surface area contributed by atoms with E-state index in [1.165, 1.54) is 37.1 Å². The number of nitrogens with zero attached hydrogens (tertiary/aromatic N) is 6. The molecule has 6 heteroatoms. The third kappa shape index (κ3) is 3.35. The summed E-state index contributed by atoms with van der Waals surface area (Å²) in [7, 11) is 0. The summed E-state index contributed by atoms with van der Waals surface area (Å²) in [5, 5.41) is 5.17. The van der Waals surface area contributed by atoms with E-state index in [-0.39, 0.29) is 0 Å². The van der Waals surface area contributed by atoms with Crippen LogP contribution in [0, 0.1) is 13.8 Å². The molecule has 3 saturated heterocycles. The number of aromatic nitrogens is 4. The highest BCUT2D eigenvalue weighted by atomic mass is 15.4. The van der Waals surface area contributed by atoms with Crippen LogP contribution in [-0.2, 0) is 0 Å². The number of hydrogen-bond acceptors (Lipinski definition) is 5. The molecule has 32 heavy (non-hydrogen) atoms. The number of anilines is 1. The van der Waals surface area contributed by atoms with Crippen molar-refractivity contribution in [3.63, 3.8) is 0 Å². The number of benzene rings is 1. The SMILES string of the molecule is Cc1cc(C)cc(-c2nc3ccc(N4CCN5CCC4CC5)nn3c2-c2ccncc2)c1. The molecule has 0 amide bonds. The van der Waals surface area contributed by atoms with Crippen molar-refractivity contribution in [3.8, 4) is 22.5 Å². The molecule has 162 valence electrons. The maximum atomic E-state index is 5.17. The summed E-state index contributed by atoms with van der Waals surface area (Å²) in [6.45, 7) is 8.83. The lowest BCUT2D eigenvalue weighted by Crippen LogP contribution is -2.38. The first-order valence-corrected chi connectivity index (χ1v) is 11.5. The van der Waals surface area contributed by atoms with E-state index in [1.807, 2.05) is 29.0 Å². The molecule has 4 aromatic rings. The van der Waals surface area contributed by atoms with Crippen LogP contribution in [0.1, 0.15) is 24.0 Å². The van der Waals surface area contributed by atoms with Gasteiger partial charge in [-0.05, 0) is 63.1 Å². The Balaban J connectivity index is 1.54. The van der Waals surface area contributed by atoms with Gasteiger partial charge in [-0.1, -0.05) is 17.2 Å². The average Bonchev–Trinajstić information content (AvgIpc) is 2.92. The summed E-state index contributed by atoms with van der Waals surface area (Å²) in [6.07, 6.45) is 6.11. The molecule has 0 saturated carbocycles. The fourth-order valence-electron chi connectivity index (χ4n) is 5.35. The van der Waals surface area contributed by atoms with Gasteiger partial charge in [-0.3, -0.25) is 4.98 Å². The van der Waals surface area contributed by atoms with Gasteiger partial charge in [0, 0.05) is 55.7 Å². The minimum Gasteiger partial charge on any atom is -0.351 e. The second-order valence-corrected chi connectivity index (χ2v) is 9.15. The number of fused-ring (bicyclic) bond motifs is 5. The van der Waals surface area contributed by atoms with E-state index in [0.29, 0.717) is 6.04 Å². The third-order valence-corrected chi connectivity index (χ3v) is 6.86. The second-order valence-electron chi connectivity index (χ2n) is 9.15. The van der Waals surface area contributed by atoms with E-state index in [4.69, 9.17) is 10.1 Å². The van der Waals surface area contributed by atoms with E-state index in [0.717, 1.165) is 47.1 Å². The van der Waals surface area contributed by atoms with Crippen LogP contribution in [0.3, 0.4) is 0 Å². The van der Waals surface area contributed by atoms with Crippen molar-refractivity contribution < 1.29 is 0 Å². The summed E-state index contributed by atoms with van der Waals surface area (Å²) in [6, 6.07) is 15.6.